The third-order valence-electron chi connectivity index (χ3n) is 4.71. The van der Waals surface area contributed by atoms with Crippen LogP contribution in [0.4, 0.5) is 0 Å². The normalized spacial score (nSPS) is 36.4. The van der Waals surface area contributed by atoms with Crippen LogP contribution in [-0.4, -0.2) is 70.3 Å². The van der Waals surface area contributed by atoms with Gasteiger partial charge in [0, 0.05) is 5.56 Å². The highest BCUT2D eigenvalue weighted by atomic mass is 16.7. The van der Waals surface area contributed by atoms with Crippen LogP contribution >= 0.6 is 0 Å². The topological polar surface area (TPSA) is 118 Å². The molecule has 1 saturated heterocycles. The Morgan fingerprint density at radius 1 is 0.964 bits per heavy atom. The average Bonchev–Trinajstić information content (AvgIpc) is 2.71. The van der Waals surface area contributed by atoms with E-state index >= 15 is 0 Å². The minimum atomic E-state index is -1.02. The minimum Gasteiger partial charge on any atom is -0.493 e. The van der Waals surface area contributed by atoms with Gasteiger partial charge in [-0.05, 0) is 19.1 Å². The molecule has 0 bridgehead atoms. The summed E-state index contributed by atoms with van der Waals surface area (Å²) in [6.45, 7) is 2.17. The Balaban J connectivity index is 0.000000192. The molecular formula is C20H26O8. The van der Waals surface area contributed by atoms with Crippen molar-refractivity contribution in [3.63, 3.8) is 0 Å². The van der Waals surface area contributed by atoms with E-state index in [4.69, 9.17) is 34.3 Å². The van der Waals surface area contributed by atoms with Crippen LogP contribution in [0.1, 0.15) is 17.4 Å². The van der Waals surface area contributed by atoms with Crippen molar-refractivity contribution in [3.8, 4) is 0 Å². The second-order valence-corrected chi connectivity index (χ2v) is 6.84. The zero-order valence-corrected chi connectivity index (χ0v) is 15.5. The molecule has 3 aliphatic heterocycles. The van der Waals surface area contributed by atoms with Gasteiger partial charge in [0.15, 0.2) is 12.4 Å². The van der Waals surface area contributed by atoms with Crippen LogP contribution in [0.2, 0.25) is 0 Å². The zero-order valence-electron chi connectivity index (χ0n) is 15.5. The number of rotatable bonds is 2. The van der Waals surface area contributed by atoms with Crippen molar-refractivity contribution in [3.05, 3.63) is 60.1 Å². The van der Waals surface area contributed by atoms with E-state index in [9.17, 15) is 5.11 Å². The Morgan fingerprint density at radius 2 is 1.64 bits per heavy atom. The van der Waals surface area contributed by atoms with E-state index in [0.29, 0.717) is 6.61 Å². The molecule has 0 saturated carbocycles. The van der Waals surface area contributed by atoms with E-state index < -0.39 is 30.7 Å². The first kappa shape index (κ1) is 20.8. The Labute approximate surface area is 163 Å². The van der Waals surface area contributed by atoms with Gasteiger partial charge >= 0.3 is 0 Å². The highest BCUT2D eigenvalue weighted by Gasteiger charge is 2.39. The molecule has 4 N–H and O–H groups in total. The van der Waals surface area contributed by atoms with E-state index in [1.807, 2.05) is 31.2 Å². The second kappa shape index (κ2) is 9.51. The Bertz CT molecular complexity index is 673. The van der Waals surface area contributed by atoms with Crippen LogP contribution in [0.15, 0.2) is 48.9 Å². The summed E-state index contributed by atoms with van der Waals surface area (Å²) in [5, 5.41) is 36.4. The number of fused-ring (bicyclic) bond motifs is 1. The molecule has 7 atom stereocenters. The van der Waals surface area contributed by atoms with Crippen LogP contribution in [0, 0.1) is 6.92 Å². The molecule has 1 aromatic carbocycles. The summed E-state index contributed by atoms with van der Waals surface area (Å²) in [6.07, 6.45) is 1.40. The maximum absolute atomic E-state index is 9.87. The van der Waals surface area contributed by atoms with Crippen LogP contribution in [0.25, 0.3) is 0 Å². The molecule has 0 amide bonds. The van der Waals surface area contributed by atoms with Gasteiger partial charge in [-0.1, -0.05) is 29.8 Å². The largest absolute Gasteiger partial charge is 0.493 e. The van der Waals surface area contributed by atoms with Crippen molar-refractivity contribution in [1.29, 1.82) is 0 Å². The lowest BCUT2D eigenvalue weighted by Crippen LogP contribution is -2.49. The van der Waals surface area contributed by atoms with Gasteiger partial charge in [-0.25, -0.2) is 0 Å². The molecule has 3 aliphatic rings. The molecule has 0 spiro atoms. The Kier molecular flexibility index (Phi) is 7.06. The molecule has 0 aliphatic carbocycles. The van der Waals surface area contributed by atoms with Gasteiger partial charge in [-0.2, -0.15) is 0 Å². The van der Waals surface area contributed by atoms with E-state index in [0.717, 1.165) is 5.56 Å². The van der Waals surface area contributed by atoms with Gasteiger partial charge in [0.25, 0.3) is 0 Å². The van der Waals surface area contributed by atoms with E-state index in [1.165, 1.54) is 24.2 Å². The van der Waals surface area contributed by atoms with E-state index in [-0.39, 0.29) is 18.8 Å². The first-order valence-electron chi connectivity index (χ1n) is 9.12. The Hall–Kier alpha value is -1.94. The third-order valence-corrected chi connectivity index (χ3v) is 4.71. The van der Waals surface area contributed by atoms with Gasteiger partial charge in [-0.3, -0.25) is 0 Å². The smallest absolute Gasteiger partial charge is 0.184 e. The molecule has 4 rings (SSSR count). The molecule has 0 radical (unpaired) electrons. The van der Waals surface area contributed by atoms with Crippen molar-refractivity contribution < 1.29 is 39.4 Å². The maximum Gasteiger partial charge on any atom is 0.184 e. The summed E-state index contributed by atoms with van der Waals surface area (Å²) in [5.41, 5.74) is 2.15. The van der Waals surface area contributed by atoms with Gasteiger partial charge in [0.2, 0.25) is 0 Å². The SMILES string of the molecule is Cc1ccc(C2OCC3OC=CC(O)C3O2)cc1.OCC1OC=CC(O)C1O. The van der Waals surface area contributed by atoms with Crippen LogP contribution in [-0.2, 0) is 18.9 Å². The number of aliphatic hydroxyl groups excluding tert-OH is 4. The molecule has 7 unspecified atom stereocenters. The number of aliphatic hydroxyl groups is 4. The predicted molar refractivity (Wildman–Crippen MR) is 97.9 cm³/mol. The standard InChI is InChI=1S/C14H16O4.C6H10O4/c1-9-2-4-10(5-3-9)14-17-8-12-13(18-14)11(15)6-7-16-12;7-3-5-6(9)4(8)1-2-10-5/h2-7,11-15H,8H2,1H3;1-2,4-9H,3H2. The first-order chi connectivity index (χ1) is 13.5. The molecule has 8 heteroatoms. The maximum atomic E-state index is 9.87. The number of benzene rings is 1. The number of ether oxygens (including phenoxy) is 4. The number of hydrogen-bond acceptors (Lipinski definition) is 8. The molecule has 1 aromatic rings. The number of aryl methyl sites for hydroxylation is 1. The average molecular weight is 394 g/mol. The lowest BCUT2D eigenvalue weighted by atomic mass is 10.0. The fourth-order valence-corrected chi connectivity index (χ4v) is 2.99. The van der Waals surface area contributed by atoms with Crippen LogP contribution in [0.3, 0.4) is 0 Å². The minimum absolute atomic E-state index is 0.230. The number of hydrogen-bond donors (Lipinski definition) is 4. The molecule has 1 fully saturated rings. The Morgan fingerprint density at radius 3 is 2.32 bits per heavy atom. The fraction of sp³-hybridized carbons (Fsp3) is 0.500. The zero-order chi connectivity index (χ0) is 20.1. The van der Waals surface area contributed by atoms with Crippen molar-refractivity contribution in [2.24, 2.45) is 0 Å². The summed E-state index contributed by atoms with van der Waals surface area (Å²) < 4.78 is 21.5. The molecular weight excluding hydrogens is 368 g/mol. The summed E-state index contributed by atoms with van der Waals surface area (Å²) in [5.74, 6) is 0. The molecule has 3 heterocycles. The van der Waals surface area contributed by atoms with Crippen molar-refractivity contribution >= 4 is 0 Å². The molecule has 0 aromatic heterocycles. The van der Waals surface area contributed by atoms with Crippen LogP contribution in [0.5, 0.6) is 0 Å². The summed E-state index contributed by atoms with van der Waals surface area (Å²) in [4.78, 5) is 0. The lowest BCUT2D eigenvalue weighted by molar-refractivity contribution is -0.276. The highest BCUT2D eigenvalue weighted by Crippen LogP contribution is 2.31. The fourth-order valence-electron chi connectivity index (χ4n) is 2.99. The van der Waals surface area contributed by atoms with Crippen molar-refractivity contribution in [1.82, 2.24) is 0 Å². The van der Waals surface area contributed by atoms with Gasteiger partial charge in [-0.15, -0.1) is 0 Å². The predicted octanol–water partition coefficient (Wildman–Crippen LogP) is 0.295. The quantitative estimate of drug-likeness (QED) is 0.566. The lowest BCUT2D eigenvalue weighted by Gasteiger charge is -2.39. The summed E-state index contributed by atoms with van der Waals surface area (Å²) in [7, 11) is 0. The molecule has 154 valence electrons. The summed E-state index contributed by atoms with van der Waals surface area (Å²) >= 11 is 0. The molecule has 8 nitrogen and oxygen atoms in total. The summed E-state index contributed by atoms with van der Waals surface area (Å²) in [6, 6.07) is 7.99. The van der Waals surface area contributed by atoms with Gasteiger partial charge in [0.05, 0.1) is 25.7 Å². The first-order valence-corrected chi connectivity index (χ1v) is 9.12. The van der Waals surface area contributed by atoms with Gasteiger partial charge < -0.3 is 39.4 Å². The highest BCUT2D eigenvalue weighted by molar-refractivity contribution is 5.22. The van der Waals surface area contributed by atoms with E-state index in [2.05, 4.69) is 0 Å². The monoisotopic (exact) mass is 394 g/mol. The van der Waals surface area contributed by atoms with E-state index in [1.54, 1.807) is 6.08 Å². The van der Waals surface area contributed by atoms with Crippen molar-refractivity contribution in [2.45, 2.75) is 49.8 Å². The molecule has 28 heavy (non-hydrogen) atoms. The second-order valence-electron chi connectivity index (χ2n) is 6.84. The van der Waals surface area contributed by atoms with Crippen molar-refractivity contribution in [2.75, 3.05) is 13.2 Å². The third kappa shape index (κ3) is 4.91. The van der Waals surface area contributed by atoms with Crippen LogP contribution < -0.4 is 0 Å². The van der Waals surface area contributed by atoms with Gasteiger partial charge in [0.1, 0.15) is 30.5 Å².